The highest BCUT2D eigenvalue weighted by Crippen LogP contribution is 2.31. The van der Waals surface area contributed by atoms with Gasteiger partial charge in [-0.2, -0.15) is 0 Å². The zero-order valence-corrected chi connectivity index (χ0v) is 16.2. The molecule has 0 aliphatic rings. The smallest absolute Gasteiger partial charge is 0.230 e. The number of hydrogen-bond donors (Lipinski definition) is 0. The predicted molar refractivity (Wildman–Crippen MR) is 111 cm³/mol. The summed E-state index contributed by atoms with van der Waals surface area (Å²) >= 11 is 1.18. The van der Waals surface area contributed by atoms with Crippen molar-refractivity contribution in [3.63, 3.8) is 0 Å². The third-order valence-electron chi connectivity index (χ3n) is 4.18. The molecule has 1 amide bonds. The summed E-state index contributed by atoms with van der Waals surface area (Å²) in [5, 5.41) is 2.86. The third-order valence-corrected chi connectivity index (χ3v) is 5.03. The fourth-order valence-electron chi connectivity index (χ4n) is 2.84. The lowest BCUT2D eigenvalue weighted by Gasteiger charge is -2.18. The van der Waals surface area contributed by atoms with Gasteiger partial charge in [0.1, 0.15) is 11.4 Å². The van der Waals surface area contributed by atoms with Gasteiger partial charge in [0.15, 0.2) is 10.9 Å². The van der Waals surface area contributed by atoms with E-state index in [1.165, 1.54) is 47.4 Å². The van der Waals surface area contributed by atoms with Gasteiger partial charge in [-0.25, -0.2) is 9.37 Å². The number of halogens is 1. The lowest BCUT2D eigenvalue weighted by atomic mass is 10.2. The van der Waals surface area contributed by atoms with Crippen LogP contribution in [0.25, 0.3) is 17.0 Å². The van der Waals surface area contributed by atoms with Crippen LogP contribution in [0.4, 0.5) is 15.2 Å². The first kappa shape index (κ1) is 18.8. The number of aromatic nitrogens is 1. The van der Waals surface area contributed by atoms with Crippen LogP contribution in [0.15, 0.2) is 70.5 Å². The van der Waals surface area contributed by atoms with E-state index in [4.69, 9.17) is 4.42 Å². The molecule has 0 aliphatic heterocycles. The van der Waals surface area contributed by atoms with E-state index in [2.05, 4.69) is 4.98 Å². The van der Waals surface area contributed by atoms with Crippen LogP contribution in [0.2, 0.25) is 0 Å². The highest BCUT2D eigenvalue weighted by molar-refractivity contribution is 7.14. The summed E-state index contributed by atoms with van der Waals surface area (Å²) in [4.78, 5) is 30.0. The largest absolute Gasteiger partial charge is 0.453 e. The maximum atomic E-state index is 14.1. The summed E-state index contributed by atoms with van der Waals surface area (Å²) in [6, 6.07) is 15.0. The Morgan fingerprint density at radius 2 is 1.90 bits per heavy atom. The molecule has 0 saturated carbocycles. The summed E-state index contributed by atoms with van der Waals surface area (Å²) in [7, 11) is 0. The summed E-state index contributed by atoms with van der Waals surface area (Å²) in [5.41, 5.74) is 1.25. The van der Waals surface area contributed by atoms with Crippen molar-refractivity contribution in [1.82, 2.24) is 4.98 Å². The first-order valence-electron chi connectivity index (χ1n) is 8.74. The highest BCUT2D eigenvalue weighted by atomic mass is 32.1. The van der Waals surface area contributed by atoms with Gasteiger partial charge >= 0.3 is 0 Å². The monoisotopic (exact) mass is 406 g/mol. The van der Waals surface area contributed by atoms with Gasteiger partial charge in [0.25, 0.3) is 0 Å². The molecule has 0 radical (unpaired) electrons. The van der Waals surface area contributed by atoms with Crippen molar-refractivity contribution in [2.45, 2.75) is 6.92 Å². The predicted octanol–water partition coefficient (Wildman–Crippen LogP) is 5.61. The van der Waals surface area contributed by atoms with Crippen LogP contribution in [-0.2, 0) is 4.79 Å². The number of ketones is 1. The third kappa shape index (κ3) is 3.86. The molecule has 4 rings (SSSR count). The van der Waals surface area contributed by atoms with Crippen molar-refractivity contribution in [2.75, 3.05) is 4.90 Å². The number of carbonyl (C=O) groups excluding carboxylic acids is 2. The lowest BCUT2D eigenvalue weighted by molar-refractivity contribution is -0.115. The molecule has 0 fully saturated rings. The second-order valence-corrected chi connectivity index (χ2v) is 7.04. The molecule has 29 heavy (non-hydrogen) atoms. The average molecular weight is 406 g/mol. The minimum atomic E-state index is -0.518. The molecular weight excluding hydrogens is 391 g/mol. The normalized spacial score (nSPS) is 11.2. The number of nitrogens with zero attached hydrogens (tertiary/aromatic N) is 2. The number of amides is 1. The van der Waals surface area contributed by atoms with Crippen LogP contribution in [0.1, 0.15) is 23.2 Å². The molecule has 0 N–H and O–H groups in total. The Kier molecular flexibility index (Phi) is 5.05. The molecule has 144 valence electrons. The van der Waals surface area contributed by atoms with Gasteiger partial charge in [0.2, 0.25) is 11.7 Å². The molecule has 0 unspecified atom stereocenters. The highest BCUT2D eigenvalue weighted by Gasteiger charge is 2.20. The van der Waals surface area contributed by atoms with Gasteiger partial charge in [-0.05, 0) is 36.4 Å². The van der Waals surface area contributed by atoms with E-state index in [0.29, 0.717) is 16.4 Å². The second kappa shape index (κ2) is 7.81. The topological polar surface area (TPSA) is 63.4 Å². The maximum absolute atomic E-state index is 14.1. The number of thiazole rings is 1. The Labute approximate surface area is 169 Å². The van der Waals surface area contributed by atoms with Gasteiger partial charge in [-0.15, -0.1) is 11.3 Å². The lowest BCUT2D eigenvalue weighted by Crippen LogP contribution is -2.23. The van der Waals surface area contributed by atoms with Crippen LogP contribution < -0.4 is 4.90 Å². The van der Waals surface area contributed by atoms with Crippen molar-refractivity contribution in [2.24, 2.45) is 0 Å². The number of anilines is 2. The van der Waals surface area contributed by atoms with Gasteiger partial charge in [0, 0.05) is 17.7 Å². The number of furan rings is 1. The molecule has 0 spiro atoms. The fourth-order valence-corrected chi connectivity index (χ4v) is 3.69. The first-order chi connectivity index (χ1) is 14.0. The molecule has 7 heteroatoms. The van der Waals surface area contributed by atoms with E-state index in [9.17, 15) is 14.0 Å². The Hall–Kier alpha value is -3.58. The van der Waals surface area contributed by atoms with Crippen molar-refractivity contribution in [1.29, 1.82) is 0 Å². The maximum Gasteiger partial charge on any atom is 0.230 e. The number of carbonyl (C=O) groups is 2. The van der Waals surface area contributed by atoms with E-state index < -0.39 is 5.82 Å². The Bertz CT molecular complexity index is 1210. The molecule has 0 aliphatic carbocycles. The van der Waals surface area contributed by atoms with Gasteiger partial charge in [-0.1, -0.05) is 30.3 Å². The molecule has 2 heterocycles. The summed E-state index contributed by atoms with van der Waals surface area (Å²) in [6.07, 6.45) is 2.90. The summed E-state index contributed by atoms with van der Waals surface area (Å²) in [6.45, 7) is 1.34. The number of allylic oxidation sites excluding steroid dienone is 1. The molecule has 2 aromatic heterocycles. The summed E-state index contributed by atoms with van der Waals surface area (Å²) < 4.78 is 19.7. The molecule has 4 aromatic rings. The summed E-state index contributed by atoms with van der Waals surface area (Å²) in [5.74, 6) is -0.948. The number of rotatable bonds is 5. The minimum absolute atomic E-state index is 0.128. The number of para-hydroxylation sites is 2. The van der Waals surface area contributed by atoms with E-state index in [0.717, 1.165) is 5.39 Å². The van der Waals surface area contributed by atoms with Crippen LogP contribution in [0.3, 0.4) is 0 Å². The van der Waals surface area contributed by atoms with Crippen LogP contribution >= 0.6 is 11.3 Å². The van der Waals surface area contributed by atoms with Crippen molar-refractivity contribution in [3.05, 3.63) is 83.3 Å². The molecular formula is C22H15FN2O3S. The Balaban J connectivity index is 1.57. The van der Waals surface area contributed by atoms with Crippen LogP contribution in [0, 0.1) is 5.82 Å². The second-order valence-electron chi connectivity index (χ2n) is 6.21. The zero-order valence-electron chi connectivity index (χ0n) is 15.3. The van der Waals surface area contributed by atoms with Crippen molar-refractivity contribution >= 4 is 50.9 Å². The van der Waals surface area contributed by atoms with Crippen LogP contribution in [0.5, 0.6) is 0 Å². The van der Waals surface area contributed by atoms with Gasteiger partial charge in [-0.3, -0.25) is 14.5 Å². The van der Waals surface area contributed by atoms with E-state index in [-0.39, 0.29) is 23.1 Å². The number of fused-ring (bicyclic) bond motifs is 1. The Morgan fingerprint density at radius 3 is 2.66 bits per heavy atom. The SMILES string of the molecule is CC(=O)N(c1nc(/C=C/C(=O)c2cc3ccccc3o2)cs1)c1ccccc1F. The Morgan fingerprint density at radius 1 is 1.14 bits per heavy atom. The fraction of sp³-hybridized carbons (Fsp3) is 0.0455. The van der Waals surface area contributed by atoms with Crippen molar-refractivity contribution in [3.8, 4) is 0 Å². The zero-order chi connectivity index (χ0) is 20.4. The molecule has 0 bridgehead atoms. The molecule has 5 nitrogen and oxygen atoms in total. The minimum Gasteiger partial charge on any atom is -0.453 e. The standard InChI is InChI=1S/C22H15FN2O3S/c1-14(26)25(18-8-4-3-7-17(18)23)22-24-16(13-29-22)10-11-19(27)21-12-15-6-2-5-9-20(15)28-21/h2-13H,1H3/b11-10+. The first-order valence-corrected chi connectivity index (χ1v) is 9.62. The van der Waals surface area contributed by atoms with Gasteiger partial charge < -0.3 is 4.42 Å². The number of hydrogen-bond acceptors (Lipinski definition) is 5. The molecule has 0 atom stereocenters. The number of benzene rings is 2. The average Bonchev–Trinajstić information content (AvgIpc) is 3.34. The van der Waals surface area contributed by atoms with Gasteiger partial charge in [0.05, 0.1) is 11.4 Å². The van der Waals surface area contributed by atoms with Crippen LogP contribution in [-0.4, -0.2) is 16.7 Å². The van der Waals surface area contributed by atoms with E-state index in [1.54, 1.807) is 29.6 Å². The molecule has 2 aromatic carbocycles. The van der Waals surface area contributed by atoms with Crippen molar-refractivity contribution < 1.29 is 18.4 Å². The van der Waals surface area contributed by atoms with E-state index >= 15 is 0 Å². The molecule has 0 saturated heterocycles. The van der Waals surface area contributed by atoms with E-state index in [1.807, 2.05) is 18.2 Å². The quantitative estimate of drug-likeness (QED) is 0.319.